The van der Waals surface area contributed by atoms with Gasteiger partial charge in [-0.25, -0.2) is 4.79 Å². The van der Waals surface area contributed by atoms with Gasteiger partial charge in [-0.15, -0.1) is 0 Å². The van der Waals surface area contributed by atoms with Crippen molar-refractivity contribution in [2.45, 2.75) is 32.7 Å². The van der Waals surface area contributed by atoms with Crippen molar-refractivity contribution in [3.63, 3.8) is 0 Å². The molecule has 142 valence electrons. The Balaban J connectivity index is 1.77. The summed E-state index contributed by atoms with van der Waals surface area (Å²) in [6, 6.07) is 16.8. The molecule has 0 unspecified atom stereocenters. The fourth-order valence-corrected chi connectivity index (χ4v) is 2.33. The van der Waals surface area contributed by atoms with E-state index >= 15 is 0 Å². The number of carbonyl (C=O) groups excluding carboxylic acids is 3. The number of urea groups is 1. The molecule has 0 aliphatic heterocycles. The third kappa shape index (κ3) is 6.93. The molecule has 2 aromatic carbocycles. The Morgan fingerprint density at radius 1 is 0.963 bits per heavy atom. The summed E-state index contributed by atoms with van der Waals surface area (Å²) in [5, 5.41) is 4.72. The van der Waals surface area contributed by atoms with Crippen LogP contribution in [0.25, 0.3) is 11.1 Å². The van der Waals surface area contributed by atoms with Gasteiger partial charge in [-0.2, -0.15) is 0 Å². The maximum Gasteiger partial charge on any atom is 0.321 e. The molecule has 0 bridgehead atoms. The van der Waals surface area contributed by atoms with E-state index in [1.165, 1.54) is 0 Å². The van der Waals surface area contributed by atoms with Crippen LogP contribution >= 0.6 is 0 Å². The van der Waals surface area contributed by atoms with Crippen LogP contribution in [0.3, 0.4) is 0 Å². The zero-order valence-electron chi connectivity index (χ0n) is 15.5. The zero-order chi connectivity index (χ0) is 19.6. The molecular weight excluding hydrogens is 344 g/mol. The predicted molar refractivity (Wildman–Crippen MR) is 103 cm³/mol. The summed E-state index contributed by atoms with van der Waals surface area (Å²) >= 11 is 0. The van der Waals surface area contributed by atoms with Crippen LogP contribution in [0.2, 0.25) is 0 Å². The number of imide groups is 1. The van der Waals surface area contributed by atoms with Crippen molar-refractivity contribution >= 4 is 17.9 Å². The molecule has 2 N–H and O–H groups in total. The molecule has 0 saturated carbocycles. The predicted octanol–water partition coefficient (Wildman–Crippen LogP) is 3.06. The molecule has 0 fully saturated rings. The van der Waals surface area contributed by atoms with E-state index < -0.39 is 24.5 Å². The van der Waals surface area contributed by atoms with E-state index in [-0.39, 0.29) is 12.5 Å². The maximum absolute atomic E-state index is 11.9. The van der Waals surface area contributed by atoms with Gasteiger partial charge < -0.3 is 10.1 Å². The van der Waals surface area contributed by atoms with Gasteiger partial charge in [0.1, 0.15) is 0 Å². The number of carbonyl (C=O) groups is 3. The molecule has 27 heavy (non-hydrogen) atoms. The van der Waals surface area contributed by atoms with Crippen LogP contribution in [0.4, 0.5) is 4.79 Å². The molecule has 0 heterocycles. The maximum atomic E-state index is 11.9. The van der Waals surface area contributed by atoms with Crippen molar-refractivity contribution in [2.75, 3.05) is 6.61 Å². The molecule has 6 nitrogen and oxygen atoms in total. The fourth-order valence-electron chi connectivity index (χ4n) is 2.33. The lowest BCUT2D eigenvalue weighted by Gasteiger charge is -2.11. The van der Waals surface area contributed by atoms with E-state index in [1.54, 1.807) is 0 Å². The molecule has 2 rings (SSSR count). The van der Waals surface area contributed by atoms with Crippen LogP contribution in [0.15, 0.2) is 54.6 Å². The Kier molecular flexibility index (Phi) is 7.55. The summed E-state index contributed by atoms with van der Waals surface area (Å²) in [5.41, 5.74) is 2.94. The second-order valence-electron chi connectivity index (χ2n) is 6.23. The van der Waals surface area contributed by atoms with Crippen molar-refractivity contribution in [1.29, 1.82) is 0 Å². The summed E-state index contributed by atoms with van der Waals surface area (Å²) in [6.07, 6.45) is 0.807. The van der Waals surface area contributed by atoms with Crippen molar-refractivity contribution in [2.24, 2.45) is 0 Å². The smallest absolute Gasteiger partial charge is 0.321 e. The first kappa shape index (κ1) is 20.2. The monoisotopic (exact) mass is 368 g/mol. The van der Waals surface area contributed by atoms with E-state index in [1.807, 2.05) is 68.4 Å². The lowest BCUT2D eigenvalue weighted by molar-refractivity contribution is -0.147. The van der Waals surface area contributed by atoms with Gasteiger partial charge in [0, 0.05) is 6.04 Å². The molecule has 0 saturated heterocycles. The van der Waals surface area contributed by atoms with Crippen molar-refractivity contribution in [3.05, 3.63) is 60.2 Å². The Morgan fingerprint density at radius 3 is 2.22 bits per heavy atom. The van der Waals surface area contributed by atoms with Crippen molar-refractivity contribution in [1.82, 2.24) is 10.6 Å². The van der Waals surface area contributed by atoms with Gasteiger partial charge in [0.15, 0.2) is 6.61 Å². The minimum Gasteiger partial charge on any atom is -0.455 e. The molecule has 1 atom stereocenters. The molecule has 0 spiro atoms. The number of ether oxygens (including phenoxy) is 1. The van der Waals surface area contributed by atoms with Gasteiger partial charge >= 0.3 is 12.0 Å². The second kappa shape index (κ2) is 10.1. The fraction of sp³-hybridized carbons (Fsp3) is 0.286. The first-order valence-corrected chi connectivity index (χ1v) is 8.88. The average Bonchev–Trinajstić information content (AvgIpc) is 2.67. The molecule has 0 aliphatic carbocycles. The SMILES string of the molecule is CC[C@@H](C)NC(=O)NC(=O)COC(=O)Cc1ccc(-c2ccccc2)cc1. The quantitative estimate of drug-likeness (QED) is 0.736. The molecule has 0 aromatic heterocycles. The number of amides is 3. The number of rotatable bonds is 7. The van der Waals surface area contributed by atoms with Crippen molar-refractivity contribution < 1.29 is 19.1 Å². The molecule has 2 aromatic rings. The Hall–Kier alpha value is -3.15. The molecule has 6 heteroatoms. The lowest BCUT2D eigenvalue weighted by atomic mass is 10.0. The molecule has 3 amide bonds. The lowest BCUT2D eigenvalue weighted by Crippen LogP contribution is -2.44. The summed E-state index contributed by atoms with van der Waals surface area (Å²) < 4.78 is 4.92. The minimum atomic E-state index is -0.663. The first-order chi connectivity index (χ1) is 13.0. The highest BCUT2D eigenvalue weighted by Gasteiger charge is 2.12. The highest BCUT2D eigenvalue weighted by molar-refractivity contribution is 5.95. The highest BCUT2D eigenvalue weighted by Crippen LogP contribution is 2.19. The third-order valence-corrected chi connectivity index (χ3v) is 4.02. The van der Waals surface area contributed by atoms with Gasteiger partial charge in [0.05, 0.1) is 6.42 Å². The second-order valence-corrected chi connectivity index (χ2v) is 6.23. The van der Waals surface area contributed by atoms with Crippen molar-refractivity contribution in [3.8, 4) is 11.1 Å². The van der Waals surface area contributed by atoms with Gasteiger partial charge in [-0.3, -0.25) is 14.9 Å². The van der Waals surface area contributed by atoms with E-state index in [4.69, 9.17) is 4.74 Å². The highest BCUT2D eigenvalue weighted by atomic mass is 16.5. The van der Waals surface area contributed by atoms with Gasteiger partial charge in [-0.1, -0.05) is 61.5 Å². The zero-order valence-corrected chi connectivity index (χ0v) is 15.5. The average molecular weight is 368 g/mol. The molecule has 0 radical (unpaired) electrons. The number of hydrogen-bond donors (Lipinski definition) is 2. The molecule has 0 aliphatic rings. The largest absolute Gasteiger partial charge is 0.455 e. The van der Waals surface area contributed by atoms with Crippen LogP contribution < -0.4 is 10.6 Å². The van der Waals surface area contributed by atoms with Crippen LogP contribution in [-0.4, -0.2) is 30.6 Å². The van der Waals surface area contributed by atoms with E-state index in [2.05, 4.69) is 10.6 Å². The van der Waals surface area contributed by atoms with E-state index in [9.17, 15) is 14.4 Å². The standard InChI is InChI=1S/C21H24N2O4/c1-3-15(2)22-21(26)23-19(24)14-27-20(25)13-16-9-11-18(12-10-16)17-7-5-4-6-8-17/h4-12,15H,3,13-14H2,1-2H3,(H2,22,23,24,26)/t15-/m1/s1. The Labute approximate surface area is 158 Å². The van der Waals surface area contributed by atoms with Crippen LogP contribution in [0.1, 0.15) is 25.8 Å². The minimum absolute atomic E-state index is 0.0424. The normalized spacial score (nSPS) is 11.3. The number of benzene rings is 2. The Bertz CT molecular complexity index is 773. The van der Waals surface area contributed by atoms with Gasteiger partial charge in [0.25, 0.3) is 5.91 Å². The number of esters is 1. The van der Waals surface area contributed by atoms with E-state index in [0.717, 1.165) is 23.1 Å². The number of hydrogen-bond acceptors (Lipinski definition) is 4. The summed E-state index contributed by atoms with van der Waals surface area (Å²) in [5.74, 6) is -1.19. The van der Waals surface area contributed by atoms with Crippen LogP contribution in [-0.2, 0) is 20.7 Å². The first-order valence-electron chi connectivity index (χ1n) is 8.88. The number of nitrogens with one attached hydrogen (secondary N) is 2. The van der Waals surface area contributed by atoms with Crippen LogP contribution in [0.5, 0.6) is 0 Å². The topological polar surface area (TPSA) is 84.5 Å². The van der Waals surface area contributed by atoms with Gasteiger partial charge in [-0.05, 0) is 30.0 Å². The Morgan fingerprint density at radius 2 is 1.59 bits per heavy atom. The third-order valence-electron chi connectivity index (χ3n) is 4.02. The van der Waals surface area contributed by atoms with Gasteiger partial charge in [0.2, 0.25) is 0 Å². The summed E-state index contributed by atoms with van der Waals surface area (Å²) in [6.45, 7) is 3.25. The summed E-state index contributed by atoms with van der Waals surface area (Å²) in [7, 11) is 0. The molecular formula is C21H24N2O4. The summed E-state index contributed by atoms with van der Waals surface area (Å²) in [4.78, 5) is 35.0. The van der Waals surface area contributed by atoms with E-state index in [0.29, 0.717) is 0 Å². The van der Waals surface area contributed by atoms with Crippen LogP contribution in [0, 0.1) is 0 Å².